The molecule has 0 spiro atoms. The predicted molar refractivity (Wildman–Crippen MR) is 128 cm³/mol. The molecular formula is C22H30N6O4S. The van der Waals surface area contributed by atoms with Gasteiger partial charge in [0.05, 0.1) is 18.0 Å². The van der Waals surface area contributed by atoms with E-state index in [-0.39, 0.29) is 42.9 Å². The minimum absolute atomic E-state index is 0.0664. The van der Waals surface area contributed by atoms with Gasteiger partial charge in [0.15, 0.2) is 5.16 Å². The van der Waals surface area contributed by atoms with Crippen molar-refractivity contribution in [1.29, 1.82) is 0 Å². The van der Waals surface area contributed by atoms with Crippen LogP contribution in [0.3, 0.4) is 0 Å². The zero-order chi connectivity index (χ0) is 23.8. The molecule has 10 nitrogen and oxygen atoms in total. The normalized spacial score (nSPS) is 13.8. The van der Waals surface area contributed by atoms with Crippen LogP contribution in [0.4, 0.5) is 17.3 Å². The minimum atomic E-state index is -0.573. The van der Waals surface area contributed by atoms with Gasteiger partial charge in [-0.1, -0.05) is 36.0 Å². The van der Waals surface area contributed by atoms with E-state index in [1.165, 1.54) is 30.2 Å². The Morgan fingerprint density at radius 2 is 2.03 bits per heavy atom. The Morgan fingerprint density at radius 1 is 1.30 bits per heavy atom. The Bertz CT molecular complexity index is 983. The molecule has 0 unspecified atom stereocenters. The van der Waals surface area contributed by atoms with E-state index in [0.29, 0.717) is 11.7 Å². The Hall–Kier alpha value is -2.92. The highest BCUT2D eigenvalue weighted by Gasteiger charge is 2.28. The molecule has 0 aliphatic carbocycles. The van der Waals surface area contributed by atoms with E-state index in [1.807, 2.05) is 12.1 Å². The summed E-state index contributed by atoms with van der Waals surface area (Å²) in [5.41, 5.74) is 7.71. The molecule has 2 aromatic rings. The van der Waals surface area contributed by atoms with E-state index in [2.05, 4.69) is 27.0 Å². The number of hydrogen-bond acceptors (Lipinski definition) is 10. The fourth-order valence-corrected chi connectivity index (χ4v) is 4.26. The lowest BCUT2D eigenvalue weighted by Gasteiger charge is -2.24. The van der Waals surface area contributed by atoms with Crippen LogP contribution in [-0.4, -0.2) is 58.3 Å². The maximum atomic E-state index is 12.0. The van der Waals surface area contributed by atoms with Gasteiger partial charge in [0.25, 0.3) is 0 Å². The number of carbonyl (C=O) groups is 1. The van der Waals surface area contributed by atoms with Gasteiger partial charge in [-0.15, -0.1) is 0 Å². The first-order valence-corrected chi connectivity index (χ1v) is 12.2. The summed E-state index contributed by atoms with van der Waals surface area (Å²) in [6, 6.07) is 8.14. The largest absolute Gasteiger partial charge is 0.466 e. The molecule has 1 aromatic carbocycles. The van der Waals surface area contributed by atoms with Gasteiger partial charge >= 0.3 is 11.7 Å². The van der Waals surface area contributed by atoms with Crippen LogP contribution in [0.15, 0.2) is 29.4 Å². The fourth-order valence-electron chi connectivity index (χ4n) is 3.89. The van der Waals surface area contributed by atoms with E-state index in [9.17, 15) is 14.9 Å². The number of carbonyl (C=O) groups excluding carboxylic acids is 1. The summed E-state index contributed by atoms with van der Waals surface area (Å²) in [4.78, 5) is 35.8. The number of benzene rings is 1. The number of anilines is 2. The zero-order valence-corrected chi connectivity index (χ0v) is 19.8. The van der Waals surface area contributed by atoms with Crippen LogP contribution in [-0.2, 0) is 22.6 Å². The van der Waals surface area contributed by atoms with E-state index < -0.39 is 4.92 Å². The number of rotatable bonds is 11. The van der Waals surface area contributed by atoms with Crippen LogP contribution in [0.25, 0.3) is 0 Å². The Kier molecular flexibility index (Phi) is 8.84. The molecular weight excluding hydrogens is 444 g/mol. The van der Waals surface area contributed by atoms with Gasteiger partial charge in [-0.2, -0.15) is 9.97 Å². The zero-order valence-electron chi connectivity index (χ0n) is 19.0. The van der Waals surface area contributed by atoms with Gasteiger partial charge in [0.2, 0.25) is 11.6 Å². The van der Waals surface area contributed by atoms with Gasteiger partial charge in [-0.25, -0.2) is 0 Å². The van der Waals surface area contributed by atoms with Crippen molar-refractivity contribution in [3.05, 3.63) is 45.5 Å². The van der Waals surface area contributed by atoms with E-state index >= 15 is 0 Å². The van der Waals surface area contributed by atoms with Crippen LogP contribution < -0.4 is 10.6 Å². The summed E-state index contributed by atoms with van der Waals surface area (Å²) in [7, 11) is 0. The molecule has 0 bridgehead atoms. The summed E-state index contributed by atoms with van der Waals surface area (Å²) in [5.74, 6) is -0.468. The van der Waals surface area contributed by atoms with Crippen LogP contribution in [0.5, 0.6) is 0 Å². The van der Waals surface area contributed by atoms with E-state index in [1.54, 1.807) is 18.1 Å². The highest BCUT2D eigenvalue weighted by molar-refractivity contribution is 7.98. The average molecular weight is 475 g/mol. The molecule has 3 rings (SSSR count). The monoisotopic (exact) mass is 474 g/mol. The molecule has 178 valence electrons. The van der Waals surface area contributed by atoms with Crippen LogP contribution in [0, 0.1) is 10.1 Å². The van der Waals surface area contributed by atoms with Crippen molar-refractivity contribution >= 4 is 35.1 Å². The quantitative estimate of drug-likeness (QED) is 0.170. The van der Waals surface area contributed by atoms with E-state index in [0.717, 1.165) is 25.2 Å². The molecule has 1 aliphatic heterocycles. The standard InChI is InChI=1S/C22H30N6O4S/c1-3-32-18(29)9-12-27(21-19(28(30)31)20(23)24-22(25-21)33-2)15-17-8-6-7-16(13-17)14-26-10-4-5-11-26/h6-8,13H,3-5,9-12,14-15H2,1-2H3,(H2,23,24,25). The predicted octanol–water partition coefficient (Wildman–Crippen LogP) is 3.24. The third kappa shape index (κ3) is 6.78. The molecule has 0 saturated carbocycles. The lowest BCUT2D eigenvalue weighted by molar-refractivity contribution is -0.383. The molecule has 1 saturated heterocycles. The Labute approximate surface area is 197 Å². The number of likely N-dealkylation sites (tertiary alicyclic amines) is 1. The second-order valence-corrected chi connectivity index (χ2v) is 8.58. The number of nitro groups is 1. The number of nitrogens with two attached hydrogens (primary N) is 1. The van der Waals surface area contributed by atoms with Gasteiger partial charge in [0, 0.05) is 19.6 Å². The van der Waals surface area contributed by atoms with Crippen molar-refractivity contribution in [3.8, 4) is 0 Å². The van der Waals surface area contributed by atoms with Crippen molar-refractivity contribution in [1.82, 2.24) is 14.9 Å². The maximum absolute atomic E-state index is 12.0. The van der Waals surface area contributed by atoms with Gasteiger partial charge in [-0.05, 0) is 50.2 Å². The maximum Gasteiger partial charge on any atom is 0.353 e. The summed E-state index contributed by atoms with van der Waals surface area (Å²) >= 11 is 1.25. The second-order valence-electron chi connectivity index (χ2n) is 7.80. The number of nitrogen functional groups attached to an aromatic ring is 1. The Balaban J connectivity index is 1.91. The molecule has 33 heavy (non-hydrogen) atoms. The third-order valence-corrected chi connectivity index (χ3v) is 5.95. The van der Waals surface area contributed by atoms with Gasteiger partial charge < -0.3 is 15.4 Å². The van der Waals surface area contributed by atoms with Crippen LogP contribution in [0.2, 0.25) is 0 Å². The summed E-state index contributed by atoms with van der Waals surface area (Å²) in [6.45, 7) is 5.60. The number of hydrogen-bond donors (Lipinski definition) is 1. The first-order chi connectivity index (χ1) is 15.9. The van der Waals surface area contributed by atoms with Crippen molar-refractivity contribution in [3.63, 3.8) is 0 Å². The van der Waals surface area contributed by atoms with Crippen molar-refractivity contribution in [2.75, 3.05) is 43.1 Å². The topological polar surface area (TPSA) is 128 Å². The molecule has 0 amide bonds. The number of esters is 1. The molecule has 1 aromatic heterocycles. The molecule has 0 atom stereocenters. The van der Waals surface area contributed by atoms with Crippen LogP contribution in [0.1, 0.15) is 37.3 Å². The second kappa shape index (κ2) is 11.8. The minimum Gasteiger partial charge on any atom is -0.466 e. The number of thioether (sulfide) groups is 1. The molecule has 0 radical (unpaired) electrons. The smallest absolute Gasteiger partial charge is 0.353 e. The van der Waals surface area contributed by atoms with Crippen molar-refractivity contribution in [2.24, 2.45) is 0 Å². The summed E-state index contributed by atoms with van der Waals surface area (Å²) in [5, 5.41) is 12.1. The van der Waals surface area contributed by atoms with E-state index in [4.69, 9.17) is 10.5 Å². The molecule has 2 N–H and O–H groups in total. The van der Waals surface area contributed by atoms with Gasteiger partial charge in [0.1, 0.15) is 0 Å². The van der Waals surface area contributed by atoms with Crippen LogP contribution >= 0.6 is 11.8 Å². The lowest BCUT2D eigenvalue weighted by atomic mass is 10.1. The first kappa shape index (κ1) is 24.7. The molecule has 11 heteroatoms. The number of ether oxygens (including phenoxy) is 1. The van der Waals surface area contributed by atoms with Gasteiger partial charge in [-0.3, -0.25) is 19.8 Å². The fraction of sp³-hybridized carbons (Fsp3) is 0.500. The number of nitrogens with zero attached hydrogens (tertiary/aromatic N) is 5. The molecule has 1 fully saturated rings. The van der Waals surface area contributed by atoms with Crippen molar-refractivity contribution < 1.29 is 14.5 Å². The summed E-state index contributed by atoms with van der Waals surface area (Å²) < 4.78 is 5.05. The van der Waals surface area contributed by atoms with Crippen molar-refractivity contribution in [2.45, 2.75) is 44.4 Å². The highest BCUT2D eigenvalue weighted by Crippen LogP contribution is 2.33. The Morgan fingerprint density at radius 3 is 2.70 bits per heavy atom. The first-order valence-electron chi connectivity index (χ1n) is 11.0. The summed E-state index contributed by atoms with van der Waals surface area (Å²) in [6.07, 6.45) is 4.28. The SMILES string of the molecule is CCOC(=O)CCN(Cc1cccc(CN2CCCC2)c1)c1nc(SC)nc(N)c1[N+](=O)[O-]. The third-order valence-electron chi connectivity index (χ3n) is 5.40. The lowest BCUT2D eigenvalue weighted by Crippen LogP contribution is -2.28. The molecule has 2 heterocycles. The molecule has 1 aliphatic rings. The average Bonchev–Trinajstić information content (AvgIpc) is 3.29. The number of aromatic nitrogens is 2. The highest BCUT2D eigenvalue weighted by atomic mass is 32.2.